The number of esters is 1. The molecule has 1 amide bonds. The van der Waals surface area contributed by atoms with Crippen molar-refractivity contribution in [2.75, 3.05) is 13.2 Å². The van der Waals surface area contributed by atoms with E-state index in [0.717, 1.165) is 0 Å². The number of nitro benzene ring substituents is 1. The first-order valence-corrected chi connectivity index (χ1v) is 10.7. The van der Waals surface area contributed by atoms with Crippen LogP contribution >= 0.6 is 0 Å². The molecule has 0 aliphatic rings. The molecular formula is C25H23N3O7. The lowest BCUT2D eigenvalue weighted by Gasteiger charge is -2.12. The van der Waals surface area contributed by atoms with E-state index in [4.69, 9.17) is 14.2 Å². The summed E-state index contributed by atoms with van der Waals surface area (Å²) in [6.07, 6.45) is 1.17. The van der Waals surface area contributed by atoms with Crippen molar-refractivity contribution in [3.63, 3.8) is 0 Å². The van der Waals surface area contributed by atoms with Crippen LogP contribution in [0, 0.1) is 10.1 Å². The molecule has 0 aromatic heterocycles. The average molecular weight is 477 g/mol. The van der Waals surface area contributed by atoms with Gasteiger partial charge in [0.05, 0.1) is 29.9 Å². The number of carbonyl (C=O) groups is 2. The summed E-state index contributed by atoms with van der Waals surface area (Å²) in [6.45, 7) is 4.36. The molecule has 180 valence electrons. The summed E-state index contributed by atoms with van der Waals surface area (Å²) in [7, 11) is 0. The molecule has 0 fully saturated rings. The maximum absolute atomic E-state index is 12.9. The van der Waals surface area contributed by atoms with E-state index < -0.39 is 22.5 Å². The third kappa shape index (κ3) is 6.41. The van der Waals surface area contributed by atoms with E-state index in [1.54, 1.807) is 43.3 Å². The molecule has 0 radical (unpaired) electrons. The molecule has 10 heteroatoms. The van der Waals surface area contributed by atoms with Crippen molar-refractivity contribution in [3.8, 4) is 17.2 Å². The van der Waals surface area contributed by atoms with Crippen LogP contribution in [0.4, 0.5) is 5.69 Å². The highest BCUT2D eigenvalue weighted by Gasteiger charge is 2.23. The molecular weight excluding hydrogens is 454 g/mol. The lowest BCUT2D eigenvalue weighted by Crippen LogP contribution is -2.17. The van der Waals surface area contributed by atoms with Gasteiger partial charge < -0.3 is 14.2 Å². The minimum absolute atomic E-state index is 0.107. The molecule has 3 rings (SSSR count). The van der Waals surface area contributed by atoms with Crippen molar-refractivity contribution in [3.05, 3.63) is 93.5 Å². The summed E-state index contributed by atoms with van der Waals surface area (Å²) in [4.78, 5) is 36.0. The molecule has 10 nitrogen and oxygen atoms in total. The van der Waals surface area contributed by atoms with Crippen LogP contribution in [0.3, 0.4) is 0 Å². The molecule has 35 heavy (non-hydrogen) atoms. The van der Waals surface area contributed by atoms with Crippen LogP contribution in [0.5, 0.6) is 17.2 Å². The SMILES string of the molecule is CCOc1ccc(C(=O)Oc2c(/C=N/NC(=O)c3ccccc3)cccc2[N+](=O)[O-])cc1OCC. The monoisotopic (exact) mass is 477 g/mol. The molecule has 0 atom stereocenters. The quantitative estimate of drug-likeness (QED) is 0.151. The molecule has 0 saturated carbocycles. The van der Waals surface area contributed by atoms with Crippen molar-refractivity contribution >= 4 is 23.8 Å². The molecule has 3 aromatic carbocycles. The predicted octanol–water partition coefficient (Wildman–Crippen LogP) is 4.38. The number of ether oxygens (including phenoxy) is 3. The van der Waals surface area contributed by atoms with Gasteiger partial charge in [-0.3, -0.25) is 14.9 Å². The Hall–Kier alpha value is -4.73. The van der Waals surface area contributed by atoms with E-state index in [2.05, 4.69) is 10.5 Å². The Morgan fingerprint density at radius 2 is 1.66 bits per heavy atom. The number of benzene rings is 3. The van der Waals surface area contributed by atoms with Gasteiger partial charge in [-0.15, -0.1) is 0 Å². The van der Waals surface area contributed by atoms with Crippen molar-refractivity contribution in [1.82, 2.24) is 5.43 Å². The van der Waals surface area contributed by atoms with Crippen molar-refractivity contribution in [2.24, 2.45) is 5.10 Å². The third-order valence-corrected chi connectivity index (χ3v) is 4.60. The number of para-hydroxylation sites is 1. The molecule has 0 unspecified atom stereocenters. The Bertz CT molecular complexity index is 1240. The molecule has 0 spiro atoms. The van der Waals surface area contributed by atoms with E-state index >= 15 is 0 Å². The van der Waals surface area contributed by atoms with Crippen LogP contribution in [0.25, 0.3) is 0 Å². The van der Waals surface area contributed by atoms with Gasteiger partial charge in [0.2, 0.25) is 5.75 Å². The fraction of sp³-hybridized carbons (Fsp3) is 0.160. The van der Waals surface area contributed by atoms with E-state index in [0.29, 0.717) is 30.3 Å². The van der Waals surface area contributed by atoms with Crippen LogP contribution in [0.15, 0.2) is 71.8 Å². The van der Waals surface area contributed by atoms with Gasteiger partial charge >= 0.3 is 11.7 Å². The standard InChI is InChI=1S/C25H23N3O7/c1-3-33-21-14-13-18(15-22(21)34-4-2)25(30)35-23-19(11-8-12-20(23)28(31)32)16-26-27-24(29)17-9-6-5-7-10-17/h5-16H,3-4H2,1-2H3,(H,27,29)/b26-16+. The highest BCUT2D eigenvalue weighted by atomic mass is 16.6. The smallest absolute Gasteiger partial charge is 0.343 e. The van der Waals surface area contributed by atoms with Crippen molar-refractivity contribution in [1.29, 1.82) is 0 Å². The van der Waals surface area contributed by atoms with Crippen LogP contribution in [-0.2, 0) is 0 Å². The first-order valence-electron chi connectivity index (χ1n) is 10.7. The second-order valence-corrected chi connectivity index (χ2v) is 6.93. The Morgan fingerprint density at radius 3 is 2.34 bits per heavy atom. The number of hydrogen-bond acceptors (Lipinski definition) is 8. The molecule has 1 N–H and O–H groups in total. The summed E-state index contributed by atoms with van der Waals surface area (Å²) >= 11 is 0. The van der Waals surface area contributed by atoms with Gasteiger partial charge in [0.25, 0.3) is 5.91 Å². The first-order chi connectivity index (χ1) is 16.9. The molecule has 0 saturated heterocycles. The fourth-order valence-electron chi connectivity index (χ4n) is 3.04. The van der Waals surface area contributed by atoms with Crippen LogP contribution < -0.4 is 19.6 Å². The van der Waals surface area contributed by atoms with Crippen LogP contribution in [0.1, 0.15) is 40.1 Å². The zero-order valence-electron chi connectivity index (χ0n) is 19.1. The summed E-state index contributed by atoms with van der Waals surface area (Å²) < 4.78 is 16.4. The Morgan fingerprint density at radius 1 is 0.943 bits per heavy atom. The second kappa shape index (κ2) is 11.9. The third-order valence-electron chi connectivity index (χ3n) is 4.60. The number of hydrazone groups is 1. The van der Waals surface area contributed by atoms with Crippen LogP contribution in [0.2, 0.25) is 0 Å². The number of nitro groups is 1. The van der Waals surface area contributed by atoms with Gasteiger partial charge in [-0.25, -0.2) is 10.2 Å². The highest BCUT2D eigenvalue weighted by Crippen LogP contribution is 2.32. The van der Waals surface area contributed by atoms with Gasteiger partial charge in [-0.1, -0.05) is 24.3 Å². The van der Waals surface area contributed by atoms with E-state index in [-0.39, 0.29) is 16.9 Å². The summed E-state index contributed by atoms with van der Waals surface area (Å²) in [5, 5.41) is 15.4. The van der Waals surface area contributed by atoms with Crippen molar-refractivity contribution < 1.29 is 28.7 Å². The zero-order chi connectivity index (χ0) is 25.2. The van der Waals surface area contributed by atoms with E-state index in [1.165, 1.54) is 36.5 Å². The predicted molar refractivity (Wildman–Crippen MR) is 128 cm³/mol. The maximum atomic E-state index is 12.9. The Balaban J connectivity index is 1.87. The van der Waals surface area contributed by atoms with Gasteiger partial charge in [0, 0.05) is 17.2 Å². The zero-order valence-corrected chi connectivity index (χ0v) is 19.1. The first kappa shape index (κ1) is 24.9. The lowest BCUT2D eigenvalue weighted by molar-refractivity contribution is -0.385. The van der Waals surface area contributed by atoms with Crippen LogP contribution in [-0.4, -0.2) is 36.2 Å². The van der Waals surface area contributed by atoms with Gasteiger partial charge in [0.15, 0.2) is 11.5 Å². The minimum Gasteiger partial charge on any atom is -0.490 e. The molecule has 0 heterocycles. The second-order valence-electron chi connectivity index (χ2n) is 6.93. The molecule has 0 aliphatic carbocycles. The maximum Gasteiger partial charge on any atom is 0.343 e. The Labute approximate surface area is 201 Å². The lowest BCUT2D eigenvalue weighted by atomic mass is 10.1. The number of carbonyl (C=O) groups excluding carboxylic acids is 2. The van der Waals surface area contributed by atoms with E-state index in [9.17, 15) is 19.7 Å². The summed E-state index contributed by atoms with van der Waals surface area (Å²) in [6, 6.07) is 17.0. The number of nitrogens with zero attached hydrogens (tertiary/aromatic N) is 2. The highest BCUT2D eigenvalue weighted by molar-refractivity contribution is 5.96. The largest absolute Gasteiger partial charge is 0.490 e. The summed E-state index contributed by atoms with van der Waals surface area (Å²) in [5.74, 6) is -0.822. The topological polar surface area (TPSA) is 129 Å². The number of amides is 1. The molecule has 0 bridgehead atoms. The average Bonchev–Trinajstić information content (AvgIpc) is 2.86. The minimum atomic E-state index is -0.841. The summed E-state index contributed by atoms with van der Waals surface area (Å²) in [5.41, 5.74) is 2.51. The number of nitrogens with one attached hydrogen (secondary N) is 1. The number of hydrogen-bond donors (Lipinski definition) is 1. The Kier molecular flexibility index (Phi) is 8.49. The van der Waals surface area contributed by atoms with Gasteiger partial charge in [0.1, 0.15) is 0 Å². The van der Waals surface area contributed by atoms with Crippen molar-refractivity contribution in [2.45, 2.75) is 13.8 Å². The van der Waals surface area contributed by atoms with Gasteiger partial charge in [-0.2, -0.15) is 5.10 Å². The van der Waals surface area contributed by atoms with E-state index in [1.807, 2.05) is 6.92 Å². The van der Waals surface area contributed by atoms with Gasteiger partial charge in [-0.05, 0) is 50.2 Å². The molecule has 0 aliphatic heterocycles. The number of rotatable bonds is 10. The normalized spacial score (nSPS) is 10.6. The fourth-order valence-corrected chi connectivity index (χ4v) is 3.04. The molecule has 3 aromatic rings.